The summed E-state index contributed by atoms with van der Waals surface area (Å²) in [5.41, 5.74) is 1.06. The summed E-state index contributed by atoms with van der Waals surface area (Å²) in [7, 11) is 0. The van der Waals surface area contributed by atoms with Gasteiger partial charge in [-0.3, -0.25) is 9.59 Å². The molecule has 2 amide bonds. The van der Waals surface area contributed by atoms with E-state index in [1.807, 2.05) is 4.90 Å². The Kier molecular flexibility index (Phi) is 8.19. The summed E-state index contributed by atoms with van der Waals surface area (Å²) >= 11 is 6.08. The summed E-state index contributed by atoms with van der Waals surface area (Å²) in [5, 5.41) is 6.77. The lowest BCUT2D eigenvalue weighted by Crippen LogP contribution is -2.29. The molecular formula is C19H27Cl2N3O2. The number of anilines is 1. The van der Waals surface area contributed by atoms with E-state index < -0.39 is 0 Å². The topological polar surface area (TPSA) is 61.4 Å². The van der Waals surface area contributed by atoms with E-state index in [-0.39, 0.29) is 24.2 Å². The SMILES string of the molecule is Cl.O=C(CCC1CCNCC1)Nc1ccc(Cl)cc1C(=O)N1CCCC1. The number of hydrogen-bond acceptors (Lipinski definition) is 3. The summed E-state index contributed by atoms with van der Waals surface area (Å²) < 4.78 is 0. The molecule has 0 spiro atoms. The van der Waals surface area contributed by atoms with Crippen molar-refractivity contribution in [2.45, 2.75) is 38.5 Å². The molecule has 3 rings (SSSR count). The van der Waals surface area contributed by atoms with Crippen molar-refractivity contribution in [1.82, 2.24) is 10.2 Å². The van der Waals surface area contributed by atoms with Gasteiger partial charge in [-0.05, 0) is 69.3 Å². The van der Waals surface area contributed by atoms with Gasteiger partial charge in [-0.15, -0.1) is 12.4 Å². The molecule has 0 aromatic heterocycles. The molecule has 2 aliphatic rings. The maximum atomic E-state index is 12.7. The fourth-order valence-corrected chi connectivity index (χ4v) is 3.78. The number of nitrogens with zero attached hydrogens (tertiary/aromatic N) is 1. The van der Waals surface area contributed by atoms with E-state index in [1.54, 1.807) is 18.2 Å². The monoisotopic (exact) mass is 399 g/mol. The third kappa shape index (κ3) is 5.60. The highest BCUT2D eigenvalue weighted by Gasteiger charge is 2.23. The molecule has 0 aliphatic carbocycles. The van der Waals surface area contributed by atoms with Gasteiger partial charge in [0.25, 0.3) is 5.91 Å². The molecule has 144 valence electrons. The third-order valence-electron chi connectivity index (χ3n) is 5.12. The largest absolute Gasteiger partial charge is 0.339 e. The highest BCUT2D eigenvalue weighted by atomic mass is 35.5. The highest BCUT2D eigenvalue weighted by Crippen LogP contribution is 2.25. The first-order valence-electron chi connectivity index (χ1n) is 9.23. The lowest BCUT2D eigenvalue weighted by molar-refractivity contribution is -0.116. The lowest BCUT2D eigenvalue weighted by Gasteiger charge is -2.22. The fourth-order valence-electron chi connectivity index (χ4n) is 3.61. The van der Waals surface area contributed by atoms with Crippen LogP contribution in [0.1, 0.15) is 48.9 Å². The molecule has 0 unspecified atom stereocenters. The van der Waals surface area contributed by atoms with Crippen LogP contribution in [0.3, 0.4) is 0 Å². The highest BCUT2D eigenvalue weighted by molar-refractivity contribution is 6.31. The number of hydrogen-bond donors (Lipinski definition) is 2. The molecule has 7 heteroatoms. The zero-order valence-corrected chi connectivity index (χ0v) is 16.5. The minimum absolute atomic E-state index is 0. The molecule has 2 fully saturated rings. The van der Waals surface area contributed by atoms with E-state index in [4.69, 9.17) is 11.6 Å². The Labute approximate surface area is 166 Å². The van der Waals surface area contributed by atoms with Gasteiger partial charge in [-0.25, -0.2) is 0 Å². The van der Waals surface area contributed by atoms with Crippen molar-refractivity contribution in [3.63, 3.8) is 0 Å². The molecule has 1 aromatic rings. The number of nitrogens with one attached hydrogen (secondary N) is 2. The predicted octanol–water partition coefficient (Wildman–Crippen LogP) is 3.72. The minimum atomic E-state index is -0.0475. The van der Waals surface area contributed by atoms with Crippen molar-refractivity contribution in [2.24, 2.45) is 5.92 Å². The number of likely N-dealkylation sites (tertiary alicyclic amines) is 1. The number of carbonyl (C=O) groups excluding carboxylic acids is 2. The molecule has 2 heterocycles. The van der Waals surface area contributed by atoms with E-state index in [9.17, 15) is 9.59 Å². The van der Waals surface area contributed by atoms with Gasteiger partial charge in [0.05, 0.1) is 11.3 Å². The van der Waals surface area contributed by atoms with Gasteiger partial charge >= 0.3 is 0 Å². The molecule has 2 N–H and O–H groups in total. The second kappa shape index (κ2) is 10.1. The summed E-state index contributed by atoms with van der Waals surface area (Å²) in [6, 6.07) is 5.10. The van der Waals surface area contributed by atoms with Crippen LogP contribution in [0.4, 0.5) is 5.69 Å². The molecule has 0 atom stereocenters. The second-order valence-corrected chi connectivity index (χ2v) is 7.41. The Morgan fingerprint density at radius 2 is 1.88 bits per heavy atom. The molecule has 0 saturated carbocycles. The molecule has 2 saturated heterocycles. The van der Waals surface area contributed by atoms with E-state index >= 15 is 0 Å². The van der Waals surface area contributed by atoms with E-state index in [0.29, 0.717) is 28.6 Å². The summed E-state index contributed by atoms with van der Waals surface area (Å²) in [4.78, 5) is 26.9. The average molecular weight is 400 g/mol. The number of piperidine rings is 1. The maximum absolute atomic E-state index is 12.7. The Morgan fingerprint density at radius 1 is 1.19 bits per heavy atom. The summed E-state index contributed by atoms with van der Waals surface area (Å²) in [6.45, 7) is 3.62. The number of amides is 2. The van der Waals surface area contributed by atoms with Gasteiger partial charge in [-0.1, -0.05) is 11.6 Å². The standard InChI is InChI=1S/C19H26ClN3O2.ClH/c20-15-4-5-17(16(13-15)19(25)23-11-1-2-12-23)22-18(24)6-3-14-7-9-21-10-8-14;/h4-5,13-14,21H,1-3,6-12H2,(H,22,24);1H. The summed E-state index contributed by atoms with van der Waals surface area (Å²) in [6.07, 6.45) is 5.72. The normalized spacial score (nSPS) is 17.7. The van der Waals surface area contributed by atoms with Crippen LogP contribution in [-0.4, -0.2) is 42.9 Å². The Bertz CT molecular complexity index is 627. The van der Waals surface area contributed by atoms with Crippen LogP contribution in [0.25, 0.3) is 0 Å². The van der Waals surface area contributed by atoms with Gasteiger partial charge in [0.1, 0.15) is 0 Å². The predicted molar refractivity (Wildman–Crippen MR) is 107 cm³/mol. The first-order chi connectivity index (χ1) is 12.1. The number of carbonyl (C=O) groups is 2. The molecule has 5 nitrogen and oxygen atoms in total. The van der Waals surface area contributed by atoms with E-state index in [0.717, 1.165) is 58.3 Å². The Balaban J connectivity index is 0.00000243. The van der Waals surface area contributed by atoms with Crippen LogP contribution >= 0.6 is 24.0 Å². The summed E-state index contributed by atoms with van der Waals surface area (Å²) in [5.74, 6) is 0.535. The van der Waals surface area contributed by atoms with Crippen LogP contribution in [0, 0.1) is 5.92 Å². The molecule has 0 bridgehead atoms. The first-order valence-corrected chi connectivity index (χ1v) is 9.60. The molecule has 26 heavy (non-hydrogen) atoms. The average Bonchev–Trinajstić information content (AvgIpc) is 3.16. The molecule has 0 radical (unpaired) electrons. The van der Waals surface area contributed by atoms with Crippen LogP contribution in [0.15, 0.2) is 18.2 Å². The number of benzene rings is 1. The van der Waals surface area contributed by atoms with Crippen LogP contribution < -0.4 is 10.6 Å². The lowest BCUT2D eigenvalue weighted by atomic mass is 9.93. The Morgan fingerprint density at radius 3 is 2.58 bits per heavy atom. The number of halogens is 2. The zero-order valence-electron chi connectivity index (χ0n) is 14.9. The Hall–Kier alpha value is -1.30. The fraction of sp³-hybridized carbons (Fsp3) is 0.579. The quantitative estimate of drug-likeness (QED) is 0.792. The van der Waals surface area contributed by atoms with Crippen molar-refractivity contribution < 1.29 is 9.59 Å². The van der Waals surface area contributed by atoms with Gasteiger partial charge < -0.3 is 15.5 Å². The second-order valence-electron chi connectivity index (χ2n) is 6.97. The van der Waals surface area contributed by atoms with Crippen LogP contribution in [0.2, 0.25) is 5.02 Å². The smallest absolute Gasteiger partial charge is 0.256 e. The first kappa shape index (κ1) is 21.0. The van der Waals surface area contributed by atoms with Crippen LogP contribution in [-0.2, 0) is 4.79 Å². The van der Waals surface area contributed by atoms with Crippen molar-refractivity contribution in [3.05, 3.63) is 28.8 Å². The van der Waals surface area contributed by atoms with Crippen molar-refractivity contribution in [2.75, 3.05) is 31.5 Å². The third-order valence-corrected chi connectivity index (χ3v) is 5.35. The van der Waals surface area contributed by atoms with Crippen LogP contribution in [0.5, 0.6) is 0 Å². The molecule has 2 aliphatic heterocycles. The molecule has 1 aromatic carbocycles. The van der Waals surface area contributed by atoms with Gasteiger partial charge in [-0.2, -0.15) is 0 Å². The van der Waals surface area contributed by atoms with E-state index in [2.05, 4.69) is 10.6 Å². The van der Waals surface area contributed by atoms with Gasteiger partial charge in [0, 0.05) is 24.5 Å². The van der Waals surface area contributed by atoms with Crippen molar-refractivity contribution in [1.29, 1.82) is 0 Å². The van der Waals surface area contributed by atoms with Gasteiger partial charge in [0.2, 0.25) is 5.91 Å². The minimum Gasteiger partial charge on any atom is -0.339 e. The van der Waals surface area contributed by atoms with Crippen molar-refractivity contribution >= 4 is 41.5 Å². The van der Waals surface area contributed by atoms with Gasteiger partial charge in [0.15, 0.2) is 0 Å². The van der Waals surface area contributed by atoms with Crippen molar-refractivity contribution in [3.8, 4) is 0 Å². The van der Waals surface area contributed by atoms with E-state index in [1.165, 1.54) is 0 Å². The number of rotatable bonds is 5. The molecular weight excluding hydrogens is 373 g/mol. The maximum Gasteiger partial charge on any atom is 0.256 e. The zero-order chi connectivity index (χ0) is 17.6.